The van der Waals surface area contributed by atoms with Crippen LogP contribution in [-0.4, -0.2) is 74.1 Å². The van der Waals surface area contributed by atoms with E-state index in [2.05, 4.69) is 25.1 Å². The van der Waals surface area contributed by atoms with Gasteiger partial charge in [-0.05, 0) is 38.4 Å². The molecule has 0 spiro atoms. The third-order valence-corrected chi connectivity index (χ3v) is 4.43. The summed E-state index contributed by atoms with van der Waals surface area (Å²) in [6.07, 6.45) is 3.53. The highest BCUT2D eigenvalue weighted by atomic mass is 16.1. The molecule has 7 nitrogen and oxygen atoms in total. The van der Waals surface area contributed by atoms with E-state index in [9.17, 15) is 4.79 Å². The number of nitrogens with zero attached hydrogens (tertiary/aromatic N) is 5. The number of hydrogen-bond acceptors (Lipinski definition) is 6. The van der Waals surface area contributed by atoms with Crippen LogP contribution < -0.4 is 15.1 Å². The largest absolute Gasteiger partial charge is 0.353 e. The summed E-state index contributed by atoms with van der Waals surface area (Å²) in [5.74, 6) is 1.81. The molecule has 0 aromatic carbocycles. The van der Waals surface area contributed by atoms with E-state index < -0.39 is 0 Å². The first kappa shape index (κ1) is 18.1. The first-order chi connectivity index (χ1) is 12.6. The highest BCUT2D eigenvalue weighted by Gasteiger charge is 2.19. The molecule has 0 bridgehead atoms. The van der Waals surface area contributed by atoms with Gasteiger partial charge in [0.05, 0.1) is 0 Å². The summed E-state index contributed by atoms with van der Waals surface area (Å²) in [6.45, 7) is 4.94. The molecule has 0 unspecified atom stereocenters. The van der Waals surface area contributed by atoms with Gasteiger partial charge in [0.25, 0.3) is 5.91 Å². The van der Waals surface area contributed by atoms with E-state index in [0.29, 0.717) is 12.1 Å². The van der Waals surface area contributed by atoms with Crippen molar-refractivity contribution in [3.8, 4) is 0 Å². The first-order valence-corrected chi connectivity index (χ1v) is 8.93. The van der Waals surface area contributed by atoms with Gasteiger partial charge in [0.15, 0.2) is 0 Å². The molecule has 0 saturated carbocycles. The third-order valence-electron chi connectivity index (χ3n) is 4.43. The van der Waals surface area contributed by atoms with Crippen LogP contribution in [0.25, 0.3) is 0 Å². The number of anilines is 2. The topological polar surface area (TPSA) is 64.6 Å². The standard InChI is InChI=1S/C19H26N6O/c1-23(2)10-9-22-19(26)16-6-8-21-18(15-16)25-13-11-24(12-14-25)17-5-3-4-7-20-17/h3-8,15H,9-14H2,1-2H3,(H,22,26). The Morgan fingerprint density at radius 3 is 2.38 bits per heavy atom. The van der Waals surface area contributed by atoms with Crippen molar-refractivity contribution in [1.29, 1.82) is 0 Å². The van der Waals surface area contributed by atoms with Gasteiger partial charge < -0.3 is 20.0 Å². The van der Waals surface area contributed by atoms with Crippen LogP contribution in [0.3, 0.4) is 0 Å². The van der Waals surface area contributed by atoms with Gasteiger partial charge in [0, 0.05) is 57.2 Å². The average molecular weight is 354 g/mol. The first-order valence-electron chi connectivity index (χ1n) is 8.93. The summed E-state index contributed by atoms with van der Waals surface area (Å²) < 4.78 is 0. The molecule has 0 radical (unpaired) electrons. The van der Waals surface area contributed by atoms with E-state index in [4.69, 9.17) is 0 Å². The zero-order valence-electron chi connectivity index (χ0n) is 15.4. The van der Waals surface area contributed by atoms with Gasteiger partial charge in [0.1, 0.15) is 11.6 Å². The predicted molar refractivity (Wildman–Crippen MR) is 104 cm³/mol. The Balaban J connectivity index is 1.58. The Kier molecular flexibility index (Phi) is 6.01. The molecule has 138 valence electrons. The number of pyridine rings is 2. The lowest BCUT2D eigenvalue weighted by Crippen LogP contribution is -2.47. The minimum atomic E-state index is -0.0531. The van der Waals surface area contributed by atoms with Crippen molar-refractivity contribution in [3.63, 3.8) is 0 Å². The SMILES string of the molecule is CN(C)CCNC(=O)c1ccnc(N2CCN(c3ccccn3)CC2)c1. The fourth-order valence-corrected chi connectivity index (χ4v) is 2.93. The molecule has 2 aromatic rings. The van der Waals surface area contributed by atoms with Gasteiger partial charge in [-0.25, -0.2) is 9.97 Å². The summed E-state index contributed by atoms with van der Waals surface area (Å²) in [4.78, 5) is 27.7. The van der Waals surface area contributed by atoms with Crippen molar-refractivity contribution in [2.24, 2.45) is 0 Å². The molecule has 3 heterocycles. The number of nitrogens with one attached hydrogen (secondary N) is 1. The van der Waals surface area contributed by atoms with Gasteiger partial charge in [-0.15, -0.1) is 0 Å². The fourth-order valence-electron chi connectivity index (χ4n) is 2.93. The molecule has 1 saturated heterocycles. The number of hydrogen-bond donors (Lipinski definition) is 1. The van der Waals surface area contributed by atoms with Crippen LogP contribution in [0.15, 0.2) is 42.7 Å². The molecule has 3 rings (SSSR count). The highest BCUT2D eigenvalue weighted by Crippen LogP contribution is 2.18. The number of carbonyl (C=O) groups excluding carboxylic acids is 1. The van der Waals surface area contributed by atoms with Crippen molar-refractivity contribution >= 4 is 17.5 Å². The zero-order valence-corrected chi connectivity index (χ0v) is 15.4. The molecule has 7 heteroatoms. The van der Waals surface area contributed by atoms with Crippen molar-refractivity contribution in [2.45, 2.75) is 0 Å². The third kappa shape index (κ3) is 4.70. The van der Waals surface area contributed by atoms with Crippen molar-refractivity contribution in [1.82, 2.24) is 20.2 Å². The van der Waals surface area contributed by atoms with Gasteiger partial charge in [0.2, 0.25) is 0 Å². The molecular formula is C19H26N6O. The molecule has 26 heavy (non-hydrogen) atoms. The summed E-state index contributed by atoms with van der Waals surface area (Å²) >= 11 is 0. The molecule has 0 aliphatic carbocycles. The monoisotopic (exact) mass is 354 g/mol. The maximum absolute atomic E-state index is 12.3. The number of likely N-dealkylation sites (N-methyl/N-ethyl adjacent to an activating group) is 1. The maximum atomic E-state index is 12.3. The molecule has 1 amide bonds. The van der Waals surface area contributed by atoms with E-state index in [1.54, 1.807) is 12.3 Å². The zero-order chi connectivity index (χ0) is 18.4. The summed E-state index contributed by atoms with van der Waals surface area (Å²) in [5, 5.41) is 2.95. The van der Waals surface area contributed by atoms with E-state index in [1.165, 1.54) is 0 Å². The normalized spacial score (nSPS) is 14.6. The van der Waals surface area contributed by atoms with E-state index in [-0.39, 0.29) is 5.91 Å². The van der Waals surface area contributed by atoms with Crippen LogP contribution in [-0.2, 0) is 0 Å². The molecule has 2 aromatic heterocycles. The lowest BCUT2D eigenvalue weighted by atomic mass is 10.2. The quantitative estimate of drug-likeness (QED) is 0.838. The number of carbonyl (C=O) groups is 1. The number of aromatic nitrogens is 2. The van der Waals surface area contributed by atoms with Crippen LogP contribution >= 0.6 is 0 Å². The summed E-state index contributed by atoms with van der Waals surface area (Å²) in [5.41, 5.74) is 0.654. The van der Waals surface area contributed by atoms with Crippen LogP contribution in [0.4, 0.5) is 11.6 Å². The average Bonchev–Trinajstić information content (AvgIpc) is 2.68. The van der Waals surface area contributed by atoms with Crippen molar-refractivity contribution in [2.75, 3.05) is 63.2 Å². The lowest BCUT2D eigenvalue weighted by Gasteiger charge is -2.36. The molecule has 1 aliphatic rings. The molecule has 0 atom stereocenters. The molecule has 1 N–H and O–H groups in total. The Morgan fingerprint density at radius 2 is 1.73 bits per heavy atom. The van der Waals surface area contributed by atoms with Crippen LogP contribution in [0, 0.1) is 0 Å². The summed E-state index contributed by atoms with van der Waals surface area (Å²) in [7, 11) is 3.97. The Hall–Kier alpha value is -2.67. The van der Waals surface area contributed by atoms with Crippen LogP contribution in [0.1, 0.15) is 10.4 Å². The maximum Gasteiger partial charge on any atom is 0.251 e. The second kappa shape index (κ2) is 8.62. The Labute approximate surface area is 154 Å². The van der Waals surface area contributed by atoms with E-state index in [0.717, 1.165) is 44.4 Å². The van der Waals surface area contributed by atoms with Crippen molar-refractivity contribution in [3.05, 3.63) is 48.3 Å². The molecular weight excluding hydrogens is 328 g/mol. The molecule has 1 fully saturated rings. The van der Waals surface area contributed by atoms with Crippen molar-refractivity contribution < 1.29 is 4.79 Å². The summed E-state index contributed by atoms with van der Waals surface area (Å²) in [6, 6.07) is 9.61. The lowest BCUT2D eigenvalue weighted by molar-refractivity contribution is 0.0951. The Morgan fingerprint density at radius 1 is 1.04 bits per heavy atom. The second-order valence-electron chi connectivity index (χ2n) is 6.62. The molecule has 1 aliphatic heterocycles. The minimum Gasteiger partial charge on any atom is -0.353 e. The van der Waals surface area contributed by atoms with Gasteiger partial charge in [-0.3, -0.25) is 4.79 Å². The smallest absolute Gasteiger partial charge is 0.251 e. The fraction of sp³-hybridized carbons (Fsp3) is 0.421. The minimum absolute atomic E-state index is 0.0531. The van der Waals surface area contributed by atoms with Gasteiger partial charge in [-0.1, -0.05) is 6.07 Å². The number of piperazine rings is 1. The van der Waals surface area contributed by atoms with Gasteiger partial charge in [-0.2, -0.15) is 0 Å². The van der Waals surface area contributed by atoms with Gasteiger partial charge >= 0.3 is 0 Å². The van der Waals surface area contributed by atoms with E-state index >= 15 is 0 Å². The Bertz CT molecular complexity index is 713. The van der Waals surface area contributed by atoms with Crippen LogP contribution in [0.5, 0.6) is 0 Å². The second-order valence-corrected chi connectivity index (χ2v) is 6.62. The van der Waals surface area contributed by atoms with Crippen LogP contribution in [0.2, 0.25) is 0 Å². The highest BCUT2D eigenvalue weighted by molar-refractivity contribution is 5.94. The number of rotatable bonds is 6. The predicted octanol–water partition coefficient (Wildman–Crippen LogP) is 1.09. The number of amides is 1. The van der Waals surface area contributed by atoms with E-state index in [1.807, 2.05) is 49.5 Å².